The van der Waals surface area contributed by atoms with Gasteiger partial charge in [0.15, 0.2) is 0 Å². The summed E-state index contributed by atoms with van der Waals surface area (Å²) in [5, 5.41) is 16.2. The Morgan fingerprint density at radius 2 is 1.62 bits per heavy atom. The van der Waals surface area contributed by atoms with E-state index in [2.05, 4.69) is 10.6 Å². The zero-order valence-corrected chi connectivity index (χ0v) is 18.5. The largest absolute Gasteiger partial charge is 1.00 e. The Morgan fingerprint density at radius 1 is 1.03 bits per heavy atom. The van der Waals surface area contributed by atoms with E-state index in [1.807, 2.05) is 67.6 Å². The van der Waals surface area contributed by atoms with Crippen LogP contribution in [-0.2, 0) is 20.8 Å². The molecule has 0 aromatic heterocycles. The number of hydrogen-bond donors (Lipinski definition) is 2. The quantitative estimate of drug-likeness (QED) is 0.358. The number of carboxylic acid groups (broad SMARTS) is 1. The summed E-state index contributed by atoms with van der Waals surface area (Å²) in [6.07, 6.45) is 0.303. The van der Waals surface area contributed by atoms with Crippen molar-refractivity contribution in [3.05, 3.63) is 66.2 Å². The van der Waals surface area contributed by atoms with Gasteiger partial charge in [0, 0.05) is 18.7 Å². The normalized spacial score (nSPS) is 18.1. The minimum atomic E-state index is -1.33. The van der Waals surface area contributed by atoms with Gasteiger partial charge >= 0.3 is 29.6 Å². The molecule has 1 fully saturated rings. The van der Waals surface area contributed by atoms with Gasteiger partial charge in [-0.3, -0.25) is 14.9 Å². The Hall–Kier alpha value is -2.19. The molecule has 0 aliphatic carbocycles. The molecular weight excluding hydrogens is 381 g/mol. The van der Waals surface area contributed by atoms with Crippen LogP contribution >= 0.6 is 0 Å². The fourth-order valence-corrected chi connectivity index (χ4v) is 3.14. The number of likely N-dealkylation sites (N-methyl/N-ethyl adjacent to an activating group) is 1. The molecule has 2 aromatic carbocycles. The van der Waals surface area contributed by atoms with Gasteiger partial charge in [0.05, 0.1) is 12.0 Å². The average molecular weight is 403 g/mol. The van der Waals surface area contributed by atoms with Gasteiger partial charge in [0.25, 0.3) is 0 Å². The van der Waals surface area contributed by atoms with Crippen LogP contribution in [0.15, 0.2) is 60.7 Å². The van der Waals surface area contributed by atoms with Crippen molar-refractivity contribution in [2.45, 2.75) is 31.5 Å². The second-order valence-electron chi connectivity index (χ2n) is 6.61. The predicted molar refractivity (Wildman–Crippen MR) is 102 cm³/mol. The molecule has 2 N–H and O–H groups in total. The molecule has 1 saturated heterocycles. The van der Waals surface area contributed by atoms with Crippen molar-refractivity contribution < 1.29 is 49.0 Å². The summed E-state index contributed by atoms with van der Waals surface area (Å²) in [6.45, 7) is 2.30. The fourth-order valence-electron chi connectivity index (χ4n) is 3.14. The number of para-hydroxylation sites is 1. The molecule has 3 rings (SSSR count). The monoisotopic (exact) mass is 403 g/mol. The van der Waals surface area contributed by atoms with Crippen molar-refractivity contribution in [1.29, 1.82) is 0 Å². The first-order chi connectivity index (χ1) is 13.5. The SMILES string of the molecule is CCN(C(=O)[C@H](Cc1ccccc1)NC(=O)[C@H]1N[C@@H]1C(=O)[O-])c1ccccc1.[Na+]. The van der Waals surface area contributed by atoms with Crippen LogP contribution in [0.4, 0.5) is 5.69 Å². The zero-order valence-electron chi connectivity index (χ0n) is 16.5. The van der Waals surface area contributed by atoms with Crippen molar-refractivity contribution in [2.24, 2.45) is 0 Å². The van der Waals surface area contributed by atoms with Gasteiger partial charge in [-0.2, -0.15) is 0 Å². The van der Waals surface area contributed by atoms with E-state index in [-0.39, 0.29) is 35.5 Å². The first-order valence-electron chi connectivity index (χ1n) is 9.19. The number of carbonyl (C=O) groups is 3. The standard InChI is InChI=1S/C21H23N3O4.Na/c1-2-24(15-11-7-4-8-12-15)20(26)16(13-14-9-5-3-6-10-14)22-19(25)17-18(23-17)21(27)28;/h3-12,16-18,23H,2,13H2,1H3,(H,22,25)(H,27,28);/q;+1/p-1/t16-,17-,18-;/m0./s1. The van der Waals surface area contributed by atoms with Crippen LogP contribution in [-0.4, -0.2) is 42.5 Å². The third kappa shape index (κ3) is 5.90. The average Bonchev–Trinajstić information content (AvgIpc) is 3.51. The maximum Gasteiger partial charge on any atom is 1.00 e. The van der Waals surface area contributed by atoms with Crippen LogP contribution in [0.2, 0.25) is 0 Å². The fraction of sp³-hybridized carbons (Fsp3) is 0.286. The Morgan fingerprint density at radius 3 is 2.14 bits per heavy atom. The number of benzene rings is 2. The summed E-state index contributed by atoms with van der Waals surface area (Å²) in [7, 11) is 0. The number of nitrogens with zero attached hydrogens (tertiary/aromatic N) is 1. The number of amides is 2. The van der Waals surface area contributed by atoms with E-state index in [0.717, 1.165) is 11.3 Å². The molecule has 0 spiro atoms. The molecule has 29 heavy (non-hydrogen) atoms. The van der Waals surface area contributed by atoms with E-state index in [1.54, 1.807) is 4.90 Å². The smallest absolute Gasteiger partial charge is 0.548 e. The number of aliphatic carboxylic acids is 1. The number of rotatable bonds is 8. The molecule has 0 unspecified atom stereocenters. The molecule has 2 aromatic rings. The van der Waals surface area contributed by atoms with Crippen LogP contribution in [0.25, 0.3) is 0 Å². The van der Waals surface area contributed by atoms with Crippen LogP contribution in [0.1, 0.15) is 12.5 Å². The van der Waals surface area contributed by atoms with Gasteiger partial charge in [-0.15, -0.1) is 0 Å². The molecule has 1 aliphatic rings. The van der Waals surface area contributed by atoms with Crippen molar-refractivity contribution in [3.63, 3.8) is 0 Å². The second-order valence-corrected chi connectivity index (χ2v) is 6.61. The third-order valence-corrected chi connectivity index (χ3v) is 4.67. The summed E-state index contributed by atoms with van der Waals surface area (Å²) < 4.78 is 0. The van der Waals surface area contributed by atoms with Crippen LogP contribution < -0.4 is 50.2 Å². The molecule has 0 bridgehead atoms. The van der Waals surface area contributed by atoms with E-state index in [0.29, 0.717) is 13.0 Å². The summed E-state index contributed by atoms with van der Waals surface area (Å²) in [5.74, 6) is -2.10. The summed E-state index contributed by atoms with van der Waals surface area (Å²) in [4.78, 5) is 38.2. The first-order valence-corrected chi connectivity index (χ1v) is 9.19. The first kappa shape index (κ1) is 23.1. The van der Waals surface area contributed by atoms with Crippen LogP contribution in [0, 0.1) is 0 Å². The van der Waals surface area contributed by atoms with Gasteiger partial charge in [-0.25, -0.2) is 0 Å². The van der Waals surface area contributed by atoms with Crippen LogP contribution in [0.5, 0.6) is 0 Å². The van der Waals surface area contributed by atoms with Gasteiger partial charge in [-0.05, 0) is 24.6 Å². The molecule has 1 aliphatic heterocycles. The van der Waals surface area contributed by atoms with Crippen molar-refractivity contribution in [2.75, 3.05) is 11.4 Å². The summed E-state index contributed by atoms with van der Waals surface area (Å²) in [6, 6.07) is 15.9. The van der Waals surface area contributed by atoms with E-state index in [9.17, 15) is 19.5 Å². The van der Waals surface area contributed by atoms with Gasteiger partial charge in [-0.1, -0.05) is 48.5 Å². The maximum atomic E-state index is 13.2. The van der Waals surface area contributed by atoms with E-state index in [1.165, 1.54) is 0 Å². The number of anilines is 1. The molecule has 8 heteroatoms. The predicted octanol–water partition coefficient (Wildman–Crippen LogP) is -3.14. The molecule has 0 radical (unpaired) electrons. The second kappa shape index (κ2) is 10.5. The van der Waals surface area contributed by atoms with Gasteiger partial charge in [0.2, 0.25) is 11.8 Å². The number of nitrogens with one attached hydrogen (secondary N) is 2. The Bertz CT molecular complexity index is 848. The van der Waals surface area contributed by atoms with Gasteiger partial charge in [0.1, 0.15) is 12.1 Å². The third-order valence-electron chi connectivity index (χ3n) is 4.67. The van der Waals surface area contributed by atoms with Crippen LogP contribution in [0.3, 0.4) is 0 Å². The van der Waals surface area contributed by atoms with Crippen molar-refractivity contribution in [3.8, 4) is 0 Å². The number of carbonyl (C=O) groups excluding carboxylic acids is 3. The van der Waals surface area contributed by atoms with Crippen molar-refractivity contribution in [1.82, 2.24) is 10.6 Å². The molecule has 7 nitrogen and oxygen atoms in total. The maximum absolute atomic E-state index is 13.2. The van der Waals surface area contributed by atoms with E-state index >= 15 is 0 Å². The molecular formula is C21H22N3NaO4. The molecule has 146 valence electrons. The van der Waals surface area contributed by atoms with Crippen molar-refractivity contribution >= 4 is 23.5 Å². The summed E-state index contributed by atoms with van der Waals surface area (Å²) >= 11 is 0. The Kier molecular flexibility index (Phi) is 8.40. The zero-order chi connectivity index (χ0) is 20.1. The Balaban J connectivity index is 0.00000300. The molecule has 3 atom stereocenters. The van der Waals surface area contributed by atoms with Gasteiger partial charge < -0.3 is 20.1 Å². The molecule has 0 saturated carbocycles. The topological polar surface area (TPSA) is 111 Å². The number of carboxylic acids is 1. The minimum Gasteiger partial charge on any atom is -0.548 e. The number of hydrogen-bond acceptors (Lipinski definition) is 5. The Labute approximate surface area is 191 Å². The minimum absolute atomic E-state index is 0. The molecule has 2 amide bonds. The molecule has 1 heterocycles. The summed E-state index contributed by atoms with van der Waals surface area (Å²) in [5.41, 5.74) is 1.63. The van der Waals surface area contributed by atoms with E-state index < -0.39 is 30.0 Å². The van der Waals surface area contributed by atoms with E-state index in [4.69, 9.17) is 0 Å².